The van der Waals surface area contributed by atoms with Crippen LogP contribution >= 0.6 is 27.0 Å². The van der Waals surface area contributed by atoms with Crippen LogP contribution < -0.4 is 29.9 Å². The second-order valence-corrected chi connectivity index (χ2v) is 48.0. The summed E-state index contributed by atoms with van der Waals surface area (Å²) < 4.78 is 116. The summed E-state index contributed by atoms with van der Waals surface area (Å²) in [6.45, 7) is 22.5. The van der Waals surface area contributed by atoms with Gasteiger partial charge in [-0.3, -0.25) is 22.9 Å². The van der Waals surface area contributed by atoms with Gasteiger partial charge in [-0.15, -0.1) is 11.8 Å². The quantitative estimate of drug-likeness (QED) is 0.0222. The number of anilines is 2. The fraction of sp³-hybridized carbons (Fsp3) is 0.311. The average Bonchev–Trinajstić information content (AvgIpc) is 0.724. The van der Waals surface area contributed by atoms with Crippen LogP contribution in [0.15, 0.2) is 255 Å². The summed E-state index contributed by atoms with van der Waals surface area (Å²) in [5.41, 5.74) is 10.3. The molecule has 12 rings (SSSR count). The van der Waals surface area contributed by atoms with Crippen molar-refractivity contribution >= 4 is 88.2 Å². The van der Waals surface area contributed by atoms with E-state index in [-0.39, 0.29) is 63.3 Å². The standard InChI is InChI=1S/C45H51FNO7PSSi.C45H51FNO6PSSi/c1-45(2,3)57(6,7)54-40(34-18-23-36(46)24-19-34)28-29-56(50)43-42(47(44(43)48)37-16-12-9-13-17-37)39-27-22-35(30-41(39)53-31-32-14-10-8-11-15-32)33-20-25-38(26-21-33)55(49,51-4)52-5;1-45(2,3)56(6,7)53-40(34-18-23-36(46)24-19-34)28-29-55-43-42(47(44(43)48)37-16-12-9-13-17-37)39-27-22-35(30-41(39)52-31-32-14-10-8-11-15-32)33-20-25-38(26-21-33)54(49,50-4)51-5/h8-27,30,40,42-43H,28-29,31H2,1-7H3;8-27,30,40,42-43H,28-29,31H2,1-7H3/t40-,42+,43+,56?;40-,42+,43+/m00/s1. The maximum absolute atomic E-state index is 14.6. The Morgan fingerprint density at radius 3 is 1.19 bits per heavy atom. The maximum atomic E-state index is 14.6. The zero-order valence-electron chi connectivity index (χ0n) is 66.6. The third-order valence-electron chi connectivity index (χ3n) is 21.8. The van der Waals surface area contributed by atoms with Crippen molar-refractivity contribution in [1.29, 1.82) is 0 Å². The fourth-order valence-corrected chi connectivity index (χ4v) is 21.0. The molecule has 594 valence electrons. The predicted molar refractivity (Wildman–Crippen MR) is 458 cm³/mol. The number of halogens is 2. The first kappa shape index (κ1) is 85.6. The monoisotopic (exact) mass is 1640 g/mol. The molecule has 23 heteroatoms. The normalized spacial score (nSPS) is 17.0. The van der Waals surface area contributed by atoms with Crippen molar-refractivity contribution in [3.8, 4) is 33.8 Å². The minimum Gasteiger partial charge on any atom is -0.489 e. The van der Waals surface area contributed by atoms with Gasteiger partial charge < -0.3 is 46.2 Å². The highest BCUT2D eigenvalue weighted by molar-refractivity contribution is 8.00. The minimum absolute atomic E-state index is 0.0101. The molecule has 2 heterocycles. The zero-order valence-corrected chi connectivity index (χ0v) is 72.0. The number of thioether (sulfide) groups is 1. The van der Waals surface area contributed by atoms with Crippen LogP contribution in [-0.2, 0) is 69.7 Å². The molecule has 0 radical (unpaired) electrons. The third-order valence-corrected chi connectivity index (χ3v) is 37.5. The van der Waals surface area contributed by atoms with Gasteiger partial charge in [-0.25, -0.2) is 8.78 Å². The second-order valence-electron chi connectivity index (χ2n) is 31.1. The summed E-state index contributed by atoms with van der Waals surface area (Å²) in [6.07, 6.45) is 0.389. The first-order valence-corrected chi connectivity index (χ1v) is 49.1. The van der Waals surface area contributed by atoms with Crippen LogP contribution in [0, 0.1) is 11.6 Å². The van der Waals surface area contributed by atoms with Gasteiger partial charge in [0.25, 0.3) is 0 Å². The Morgan fingerprint density at radius 1 is 0.451 bits per heavy atom. The van der Waals surface area contributed by atoms with Gasteiger partial charge in [-0.05, 0) is 184 Å². The first-order valence-electron chi connectivity index (χ1n) is 37.8. The molecule has 10 aromatic carbocycles. The van der Waals surface area contributed by atoms with Crippen molar-refractivity contribution in [3.63, 3.8) is 0 Å². The molecule has 2 fully saturated rings. The number of para-hydroxylation sites is 2. The smallest absolute Gasteiger partial charge is 0.360 e. The van der Waals surface area contributed by atoms with Crippen LogP contribution in [0.3, 0.4) is 0 Å². The SMILES string of the molecule is COP(=O)(OC)c1ccc(-c2ccc([C@@H]3[C@@H](S(=O)CC[C@H](O[Si](C)(C)C(C)(C)C)c4ccc(F)cc4)C(=O)N3c3ccccc3)c(OCc3ccccc3)c2)cc1.COP(=O)(OC)c1ccc(-c2ccc([C@@H]3[C@@H](SCC[C@H](O[Si](C)(C)C(C)(C)C)c4ccc(F)cc4)C(=O)N3c3ccccc3)c(OCc3ccccc3)c2)cc1. The lowest BCUT2D eigenvalue weighted by Crippen LogP contribution is -2.61. The molecule has 0 saturated carbocycles. The summed E-state index contributed by atoms with van der Waals surface area (Å²) in [5.74, 6) is 1.25. The topological polar surface area (TPSA) is 166 Å². The Hall–Kier alpha value is -8.25. The summed E-state index contributed by atoms with van der Waals surface area (Å²) in [7, 11) is -7.50. The van der Waals surface area contributed by atoms with Crippen LogP contribution in [0.25, 0.3) is 22.3 Å². The molecule has 15 nitrogen and oxygen atoms in total. The van der Waals surface area contributed by atoms with Crippen molar-refractivity contribution in [1.82, 2.24) is 0 Å². The number of ether oxygens (including phenoxy) is 2. The first-order chi connectivity index (χ1) is 53.9. The summed E-state index contributed by atoms with van der Waals surface area (Å²) in [6, 6.07) is 77.3. The van der Waals surface area contributed by atoms with Gasteiger partial charge in [-0.1, -0.05) is 211 Å². The molecule has 2 amide bonds. The lowest BCUT2D eigenvalue weighted by Gasteiger charge is -2.47. The highest BCUT2D eigenvalue weighted by Gasteiger charge is 2.54. The molecule has 0 N–H and O–H groups in total. The largest absolute Gasteiger partial charge is 0.489 e. The summed E-state index contributed by atoms with van der Waals surface area (Å²) >= 11 is 1.63. The molecule has 7 atom stereocenters. The fourth-order valence-electron chi connectivity index (χ4n) is 13.2. The average molecular weight is 1640 g/mol. The molecule has 10 aromatic rings. The van der Waals surface area contributed by atoms with E-state index < -0.39 is 60.0 Å². The number of rotatable bonds is 32. The molecule has 2 saturated heterocycles. The number of hydrogen-bond donors (Lipinski definition) is 0. The van der Waals surface area contributed by atoms with Crippen molar-refractivity contribution in [2.45, 2.75) is 139 Å². The number of carbonyl (C=O) groups excluding carboxylic acids is 2. The van der Waals surface area contributed by atoms with E-state index in [0.717, 1.165) is 61.3 Å². The second kappa shape index (κ2) is 37.1. The molecule has 1 unspecified atom stereocenters. The zero-order chi connectivity index (χ0) is 81.0. The molecule has 0 aliphatic carbocycles. The molecule has 2 aliphatic heterocycles. The van der Waals surface area contributed by atoms with E-state index in [9.17, 15) is 31.7 Å². The lowest BCUT2D eigenvalue weighted by atomic mass is 9.90. The van der Waals surface area contributed by atoms with Gasteiger partial charge in [0.1, 0.15) is 46.8 Å². The van der Waals surface area contributed by atoms with E-state index >= 15 is 0 Å². The number of carbonyl (C=O) groups is 2. The molecular formula is C90H102F2N2O13P2S2Si2. The van der Waals surface area contributed by atoms with E-state index in [1.165, 1.54) is 52.7 Å². The molecular weight excluding hydrogens is 1540 g/mol. The lowest BCUT2D eigenvalue weighted by molar-refractivity contribution is -0.124. The van der Waals surface area contributed by atoms with E-state index in [1.54, 1.807) is 53.1 Å². The van der Waals surface area contributed by atoms with E-state index in [0.29, 0.717) is 53.0 Å². The van der Waals surface area contributed by atoms with Crippen molar-refractivity contribution in [3.05, 3.63) is 300 Å². The molecule has 0 aromatic heterocycles. The van der Waals surface area contributed by atoms with Crippen LogP contribution in [0.5, 0.6) is 11.5 Å². The Balaban J connectivity index is 0.000000223. The Morgan fingerprint density at radius 2 is 0.805 bits per heavy atom. The Bertz CT molecular complexity index is 4960. The van der Waals surface area contributed by atoms with E-state index in [1.807, 2.05) is 193 Å². The summed E-state index contributed by atoms with van der Waals surface area (Å²) in [4.78, 5) is 32.0. The van der Waals surface area contributed by atoms with Crippen molar-refractivity contribution in [2.75, 3.05) is 49.7 Å². The highest BCUT2D eigenvalue weighted by atomic mass is 32.2. The minimum atomic E-state index is -3.44. The number of amides is 2. The van der Waals surface area contributed by atoms with Crippen LogP contribution in [0.2, 0.25) is 36.3 Å². The van der Waals surface area contributed by atoms with Gasteiger partial charge in [0.05, 0.1) is 34.9 Å². The van der Waals surface area contributed by atoms with Crippen LogP contribution in [-0.4, -0.2) is 83.1 Å². The molecule has 0 bridgehead atoms. The number of hydrogen-bond acceptors (Lipinski definition) is 14. The van der Waals surface area contributed by atoms with Gasteiger partial charge in [0.2, 0.25) is 11.8 Å². The number of nitrogens with zero attached hydrogens (tertiary/aromatic N) is 2. The number of β-lactam (4-membered cyclic amide) rings is 2. The third kappa shape index (κ3) is 20.2. The summed E-state index contributed by atoms with van der Waals surface area (Å²) in [5, 5.41) is -0.431. The predicted octanol–water partition coefficient (Wildman–Crippen LogP) is 22.1. The molecule has 2 aliphatic rings. The van der Waals surface area contributed by atoms with E-state index in [4.69, 9.17) is 36.4 Å². The van der Waals surface area contributed by atoms with Crippen LogP contribution in [0.1, 0.15) is 112 Å². The Kier molecular flexibility index (Phi) is 28.1. The highest BCUT2D eigenvalue weighted by Crippen LogP contribution is 2.53. The van der Waals surface area contributed by atoms with Crippen molar-refractivity contribution < 1.29 is 68.1 Å². The Labute approximate surface area is 673 Å². The van der Waals surface area contributed by atoms with Crippen LogP contribution in [0.4, 0.5) is 20.2 Å². The van der Waals surface area contributed by atoms with Crippen molar-refractivity contribution in [2.24, 2.45) is 0 Å². The van der Waals surface area contributed by atoms with Gasteiger partial charge in [0.15, 0.2) is 16.6 Å². The van der Waals surface area contributed by atoms with Gasteiger partial charge in [-0.2, -0.15) is 0 Å². The molecule has 0 spiro atoms. The van der Waals surface area contributed by atoms with E-state index in [2.05, 4.69) is 73.8 Å². The van der Waals surface area contributed by atoms with Gasteiger partial charge in [0, 0.05) is 67.5 Å². The molecule has 113 heavy (non-hydrogen) atoms. The maximum Gasteiger partial charge on any atom is 0.360 e. The van der Waals surface area contributed by atoms with Gasteiger partial charge >= 0.3 is 15.2 Å². The number of benzene rings is 10.